The maximum absolute atomic E-state index is 12.2. The number of aromatic nitrogens is 1. The van der Waals surface area contributed by atoms with Crippen LogP contribution < -0.4 is 4.72 Å². The first-order chi connectivity index (χ1) is 8.54. The maximum atomic E-state index is 12.2. The van der Waals surface area contributed by atoms with Gasteiger partial charge in [-0.15, -0.1) is 11.3 Å². The van der Waals surface area contributed by atoms with E-state index in [9.17, 15) is 8.42 Å². The molecule has 2 aromatic rings. The minimum absolute atomic E-state index is 0.109. The molecule has 0 amide bonds. The summed E-state index contributed by atoms with van der Waals surface area (Å²) in [5.41, 5.74) is 1.22. The molecule has 0 aromatic carbocycles. The third-order valence-electron chi connectivity index (χ3n) is 2.42. The lowest BCUT2D eigenvalue weighted by Gasteiger charge is -2.09. The normalized spacial score (nSPS) is 11.4. The van der Waals surface area contributed by atoms with E-state index in [1.165, 1.54) is 23.6 Å². The summed E-state index contributed by atoms with van der Waals surface area (Å²) in [6, 6.07) is 3.20. The van der Waals surface area contributed by atoms with E-state index in [4.69, 9.17) is 5.11 Å². The first-order valence-electron chi connectivity index (χ1n) is 5.15. The van der Waals surface area contributed by atoms with E-state index in [0.717, 1.165) is 5.56 Å². The Morgan fingerprint density at radius 3 is 2.89 bits per heavy atom. The van der Waals surface area contributed by atoms with E-state index in [1.54, 1.807) is 24.6 Å². The summed E-state index contributed by atoms with van der Waals surface area (Å²) in [5.74, 6) is 0. The number of aliphatic hydroxyl groups is 1. The molecule has 0 unspecified atom stereocenters. The summed E-state index contributed by atoms with van der Waals surface area (Å²) in [6.45, 7) is 1.50. The zero-order chi connectivity index (χ0) is 13.2. The van der Waals surface area contributed by atoms with E-state index in [-0.39, 0.29) is 11.5 Å². The van der Waals surface area contributed by atoms with Crippen LogP contribution in [-0.4, -0.2) is 18.5 Å². The summed E-state index contributed by atoms with van der Waals surface area (Å²) >= 11 is 1.21. The van der Waals surface area contributed by atoms with Crippen molar-refractivity contribution in [1.82, 2.24) is 4.98 Å². The maximum Gasteiger partial charge on any atom is 0.263 e. The lowest BCUT2D eigenvalue weighted by atomic mass is 10.3. The molecule has 2 heterocycles. The molecule has 0 bridgehead atoms. The van der Waals surface area contributed by atoms with Gasteiger partial charge >= 0.3 is 0 Å². The molecule has 18 heavy (non-hydrogen) atoms. The van der Waals surface area contributed by atoms with Crippen LogP contribution in [0.5, 0.6) is 0 Å². The van der Waals surface area contributed by atoms with Crippen molar-refractivity contribution in [3.63, 3.8) is 0 Å². The Balaban J connectivity index is 2.37. The molecule has 0 aliphatic heterocycles. The fourth-order valence-electron chi connectivity index (χ4n) is 1.45. The Morgan fingerprint density at radius 1 is 1.44 bits per heavy atom. The smallest absolute Gasteiger partial charge is 0.263 e. The van der Waals surface area contributed by atoms with E-state index in [2.05, 4.69) is 9.71 Å². The molecule has 0 aliphatic carbocycles. The fourth-order valence-corrected chi connectivity index (χ4v) is 3.87. The van der Waals surface area contributed by atoms with Crippen LogP contribution in [0.15, 0.2) is 34.8 Å². The molecule has 0 radical (unpaired) electrons. The van der Waals surface area contributed by atoms with Crippen LogP contribution in [0.1, 0.15) is 10.4 Å². The van der Waals surface area contributed by atoms with Crippen molar-refractivity contribution in [2.24, 2.45) is 0 Å². The molecule has 0 atom stereocenters. The number of hydrogen-bond donors (Lipinski definition) is 2. The fraction of sp³-hybridized carbons (Fsp3) is 0.182. The number of sulfonamides is 1. The number of pyridine rings is 1. The molecule has 0 aliphatic rings. The van der Waals surface area contributed by atoms with E-state index in [0.29, 0.717) is 10.6 Å². The van der Waals surface area contributed by atoms with E-state index in [1.807, 2.05) is 0 Å². The Morgan fingerprint density at radius 2 is 2.22 bits per heavy atom. The summed E-state index contributed by atoms with van der Waals surface area (Å²) in [4.78, 5) is 4.41. The Hall–Kier alpha value is -1.44. The number of hydrogen-bond acceptors (Lipinski definition) is 5. The third kappa shape index (κ3) is 2.53. The van der Waals surface area contributed by atoms with Gasteiger partial charge in [0.05, 0.1) is 23.4 Å². The lowest BCUT2D eigenvalue weighted by molar-refractivity contribution is 0.282. The highest BCUT2D eigenvalue weighted by atomic mass is 32.2. The van der Waals surface area contributed by atoms with E-state index < -0.39 is 10.0 Å². The molecule has 5 nitrogen and oxygen atoms in total. The van der Waals surface area contributed by atoms with Crippen molar-refractivity contribution in [2.75, 3.05) is 4.72 Å². The quantitative estimate of drug-likeness (QED) is 0.896. The topological polar surface area (TPSA) is 79.3 Å². The number of rotatable bonds is 4. The molecule has 0 saturated carbocycles. The average Bonchev–Trinajstić information content (AvgIpc) is 2.81. The van der Waals surface area contributed by atoms with Crippen molar-refractivity contribution in [1.29, 1.82) is 0 Å². The van der Waals surface area contributed by atoms with Gasteiger partial charge in [-0.25, -0.2) is 8.42 Å². The van der Waals surface area contributed by atoms with Crippen LogP contribution in [0.2, 0.25) is 0 Å². The van der Waals surface area contributed by atoms with Crippen LogP contribution in [0.3, 0.4) is 0 Å². The monoisotopic (exact) mass is 284 g/mol. The highest BCUT2D eigenvalue weighted by molar-refractivity contribution is 7.93. The number of nitrogens with one attached hydrogen (secondary N) is 1. The molecule has 96 valence electrons. The molecular formula is C11H12N2O3S2. The zero-order valence-corrected chi connectivity index (χ0v) is 11.3. The predicted octanol–water partition coefficient (Wildman–Crippen LogP) is 1.74. The largest absolute Gasteiger partial charge is 0.391 e. The van der Waals surface area contributed by atoms with Crippen molar-refractivity contribution in [2.45, 2.75) is 18.4 Å². The van der Waals surface area contributed by atoms with E-state index >= 15 is 0 Å². The van der Waals surface area contributed by atoms with Crippen LogP contribution >= 0.6 is 11.3 Å². The van der Waals surface area contributed by atoms with Crippen molar-refractivity contribution >= 4 is 27.0 Å². The number of anilines is 1. The minimum Gasteiger partial charge on any atom is -0.391 e. The molecule has 0 fully saturated rings. The van der Waals surface area contributed by atoms with Gasteiger partial charge in [0.1, 0.15) is 4.90 Å². The molecule has 2 aromatic heterocycles. The Bertz CT molecular complexity index is 650. The van der Waals surface area contributed by atoms with Crippen LogP contribution in [0.25, 0.3) is 0 Å². The molecule has 7 heteroatoms. The minimum atomic E-state index is -3.67. The van der Waals surface area contributed by atoms with Gasteiger partial charge in [0.2, 0.25) is 0 Å². The summed E-state index contributed by atoms with van der Waals surface area (Å²) < 4.78 is 26.8. The van der Waals surface area contributed by atoms with Gasteiger partial charge < -0.3 is 5.11 Å². The second kappa shape index (κ2) is 5.05. The van der Waals surface area contributed by atoms with Gasteiger partial charge in [-0.2, -0.15) is 0 Å². The number of thiophene rings is 1. The van der Waals surface area contributed by atoms with Crippen LogP contribution in [0, 0.1) is 6.92 Å². The molecule has 0 spiro atoms. The zero-order valence-electron chi connectivity index (χ0n) is 9.62. The van der Waals surface area contributed by atoms with Gasteiger partial charge in [-0.1, -0.05) is 0 Å². The van der Waals surface area contributed by atoms with Gasteiger partial charge in [0.25, 0.3) is 10.0 Å². The van der Waals surface area contributed by atoms with Gasteiger partial charge in [-0.3, -0.25) is 9.71 Å². The summed E-state index contributed by atoms with van der Waals surface area (Å²) in [7, 11) is -3.67. The lowest BCUT2D eigenvalue weighted by Crippen LogP contribution is -2.14. The highest BCUT2D eigenvalue weighted by Crippen LogP contribution is 2.25. The van der Waals surface area contributed by atoms with Crippen LogP contribution in [0.4, 0.5) is 5.69 Å². The Kier molecular flexibility index (Phi) is 3.65. The third-order valence-corrected chi connectivity index (χ3v) is 4.91. The summed E-state index contributed by atoms with van der Waals surface area (Å²) in [6.07, 6.45) is 3.05. The second-order valence-corrected chi connectivity index (χ2v) is 6.31. The SMILES string of the molecule is Cc1ccncc1NS(=O)(=O)c1ccsc1CO. The van der Waals surface area contributed by atoms with Gasteiger partial charge in [0, 0.05) is 6.20 Å². The Labute approximate surface area is 109 Å². The number of aryl methyl sites for hydroxylation is 1. The van der Waals surface area contributed by atoms with Crippen molar-refractivity contribution in [3.05, 3.63) is 40.3 Å². The molecule has 2 N–H and O–H groups in total. The first kappa shape index (κ1) is 13.0. The summed E-state index contributed by atoms with van der Waals surface area (Å²) in [5, 5.41) is 10.7. The van der Waals surface area contributed by atoms with Gasteiger partial charge in [-0.05, 0) is 30.0 Å². The van der Waals surface area contributed by atoms with Crippen molar-refractivity contribution < 1.29 is 13.5 Å². The number of aliphatic hydroxyl groups excluding tert-OH is 1. The molecular weight excluding hydrogens is 272 g/mol. The molecule has 0 saturated heterocycles. The second-order valence-electron chi connectivity index (χ2n) is 3.66. The highest BCUT2D eigenvalue weighted by Gasteiger charge is 2.20. The van der Waals surface area contributed by atoms with Crippen LogP contribution in [-0.2, 0) is 16.6 Å². The first-order valence-corrected chi connectivity index (χ1v) is 7.51. The standard InChI is InChI=1S/C11H12N2O3S2/c1-8-2-4-12-6-9(8)13-18(15,16)11-3-5-17-10(11)7-14/h2-6,13-14H,7H2,1H3. The average molecular weight is 284 g/mol. The number of nitrogens with zero attached hydrogens (tertiary/aromatic N) is 1. The van der Waals surface area contributed by atoms with Crippen molar-refractivity contribution in [3.8, 4) is 0 Å². The predicted molar refractivity (Wildman–Crippen MR) is 70.0 cm³/mol. The van der Waals surface area contributed by atoms with Gasteiger partial charge in [0.15, 0.2) is 0 Å². The molecule has 2 rings (SSSR count).